The van der Waals surface area contributed by atoms with Crippen LogP contribution in [0, 0.1) is 12.7 Å². The van der Waals surface area contributed by atoms with E-state index in [0.717, 1.165) is 40.3 Å². The maximum atomic E-state index is 13.5. The van der Waals surface area contributed by atoms with Crippen LogP contribution in [0.5, 0.6) is 0 Å². The van der Waals surface area contributed by atoms with E-state index in [2.05, 4.69) is 4.98 Å². The minimum Gasteiger partial charge on any atom is -0.375 e. The number of amides is 1. The van der Waals surface area contributed by atoms with Crippen molar-refractivity contribution < 1.29 is 13.9 Å². The predicted molar refractivity (Wildman–Crippen MR) is 117 cm³/mol. The van der Waals surface area contributed by atoms with Crippen molar-refractivity contribution in [2.45, 2.75) is 38.8 Å². The second-order valence-electron chi connectivity index (χ2n) is 7.57. The minimum atomic E-state index is -0.292. The van der Waals surface area contributed by atoms with Gasteiger partial charge in [0, 0.05) is 6.54 Å². The largest absolute Gasteiger partial charge is 0.375 e. The molecule has 1 amide bonds. The van der Waals surface area contributed by atoms with Gasteiger partial charge in [0.25, 0.3) is 5.91 Å². The van der Waals surface area contributed by atoms with Crippen LogP contribution in [0.2, 0.25) is 0 Å². The van der Waals surface area contributed by atoms with Crippen molar-refractivity contribution in [2.24, 2.45) is 0 Å². The fraction of sp³-hybridized carbons (Fsp3) is 0.333. The molecule has 0 radical (unpaired) electrons. The van der Waals surface area contributed by atoms with Gasteiger partial charge in [-0.05, 0) is 49.4 Å². The second-order valence-corrected chi connectivity index (χ2v) is 8.77. The molecule has 0 aliphatic carbocycles. The van der Waals surface area contributed by atoms with Crippen molar-refractivity contribution in [3.63, 3.8) is 0 Å². The molecule has 0 N–H and O–H groups in total. The molecule has 3 aromatic rings. The van der Waals surface area contributed by atoms with Crippen LogP contribution in [0.25, 0.3) is 10.4 Å². The molecule has 6 heteroatoms. The topological polar surface area (TPSA) is 42.4 Å². The van der Waals surface area contributed by atoms with Gasteiger partial charge in [0.1, 0.15) is 11.5 Å². The molecule has 4 nitrogen and oxygen atoms in total. The van der Waals surface area contributed by atoms with Crippen LogP contribution >= 0.6 is 11.3 Å². The van der Waals surface area contributed by atoms with Crippen LogP contribution in [-0.4, -0.2) is 35.0 Å². The first-order valence-corrected chi connectivity index (χ1v) is 11.1. The summed E-state index contributed by atoms with van der Waals surface area (Å²) in [5, 5.41) is 0.826. The molecule has 1 aromatic heterocycles. The Hall–Kier alpha value is -2.57. The summed E-state index contributed by atoms with van der Waals surface area (Å²) in [4.78, 5) is 20.7. The summed E-state index contributed by atoms with van der Waals surface area (Å²) in [5.41, 5.74) is 2.40. The van der Waals surface area contributed by atoms with Crippen LogP contribution in [0.15, 0.2) is 54.6 Å². The second kappa shape index (κ2) is 9.49. The third-order valence-electron chi connectivity index (χ3n) is 5.35. The molecule has 1 atom stereocenters. The maximum absolute atomic E-state index is 13.5. The van der Waals surface area contributed by atoms with Gasteiger partial charge in [-0.1, -0.05) is 42.5 Å². The minimum absolute atomic E-state index is 0.0398. The van der Waals surface area contributed by atoms with Crippen molar-refractivity contribution in [1.82, 2.24) is 9.88 Å². The van der Waals surface area contributed by atoms with Gasteiger partial charge in [-0.15, -0.1) is 11.3 Å². The lowest BCUT2D eigenvalue weighted by Gasteiger charge is -2.35. The summed E-state index contributed by atoms with van der Waals surface area (Å²) in [6.45, 7) is 3.65. The summed E-state index contributed by atoms with van der Waals surface area (Å²) < 4.78 is 19.3. The number of likely N-dealkylation sites (tertiary alicyclic amines) is 1. The summed E-state index contributed by atoms with van der Waals surface area (Å²) in [7, 11) is 0. The number of carbonyl (C=O) groups is 1. The molecule has 4 rings (SSSR count). The molecule has 0 saturated carbocycles. The van der Waals surface area contributed by atoms with Crippen LogP contribution in [0.4, 0.5) is 4.39 Å². The lowest BCUT2D eigenvalue weighted by Crippen LogP contribution is -2.46. The lowest BCUT2D eigenvalue weighted by atomic mass is 10.0. The first kappa shape index (κ1) is 20.7. The van der Waals surface area contributed by atoms with E-state index in [4.69, 9.17) is 4.74 Å². The summed E-state index contributed by atoms with van der Waals surface area (Å²) in [6, 6.07) is 16.3. The number of halogens is 1. The molecular formula is C24H25FN2O2S. The van der Waals surface area contributed by atoms with E-state index in [1.165, 1.54) is 23.5 Å². The maximum Gasteiger partial charge on any atom is 0.274 e. The van der Waals surface area contributed by atoms with E-state index in [1.54, 1.807) is 12.1 Å². The number of rotatable bonds is 6. The van der Waals surface area contributed by atoms with Gasteiger partial charge in [0.15, 0.2) is 0 Å². The Balaban J connectivity index is 1.50. The van der Waals surface area contributed by atoms with E-state index in [0.29, 0.717) is 25.5 Å². The zero-order valence-electron chi connectivity index (χ0n) is 17.0. The van der Waals surface area contributed by atoms with E-state index in [-0.39, 0.29) is 17.8 Å². The highest BCUT2D eigenvalue weighted by atomic mass is 32.1. The number of hydrogen-bond donors (Lipinski definition) is 0. The Kier molecular flexibility index (Phi) is 6.55. The van der Waals surface area contributed by atoms with Gasteiger partial charge in [0.2, 0.25) is 0 Å². The third-order valence-corrected chi connectivity index (χ3v) is 6.37. The number of piperidine rings is 1. The van der Waals surface area contributed by atoms with E-state index in [1.807, 2.05) is 42.2 Å². The zero-order valence-corrected chi connectivity index (χ0v) is 17.8. The van der Waals surface area contributed by atoms with Gasteiger partial charge in [-0.3, -0.25) is 4.79 Å². The highest BCUT2D eigenvalue weighted by molar-refractivity contribution is 7.15. The molecule has 0 bridgehead atoms. The molecule has 1 aliphatic heterocycles. The van der Waals surface area contributed by atoms with Crippen LogP contribution in [-0.2, 0) is 11.3 Å². The molecule has 156 valence electrons. The fourth-order valence-corrected chi connectivity index (χ4v) is 4.75. The highest BCUT2D eigenvalue weighted by Gasteiger charge is 2.31. The first-order chi connectivity index (χ1) is 14.6. The summed E-state index contributed by atoms with van der Waals surface area (Å²) in [5.74, 6) is -0.355. The number of aryl methyl sites for hydroxylation is 1. The number of hydrogen-bond acceptors (Lipinski definition) is 4. The van der Waals surface area contributed by atoms with Crippen molar-refractivity contribution in [1.29, 1.82) is 0 Å². The number of carbonyl (C=O) groups excluding carboxylic acids is 1. The third kappa shape index (κ3) is 4.77. The van der Waals surface area contributed by atoms with E-state index in [9.17, 15) is 9.18 Å². The fourth-order valence-electron chi connectivity index (χ4n) is 3.83. The van der Waals surface area contributed by atoms with Gasteiger partial charge in [0.05, 0.1) is 29.1 Å². The van der Waals surface area contributed by atoms with Crippen molar-refractivity contribution in [3.05, 3.63) is 76.7 Å². The smallest absolute Gasteiger partial charge is 0.274 e. The van der Waals surface area contributed by atoms with Gasteiger partial charge in [-0.25, -0.2) is 9.37 Å². The standard InChI is InChI=1S/C24H25FN2O2S/c1-17-26-22(23(30-17)19-10-12-20(25)13-11-19)24(28)27-14-6-5-9-21(27)16-29-15-18-7-3-2-4-8-18/h2-4,7-8,10-13,21H,5-6,9,14-16H2,1H3. The molecule has 2 aromatic carbocycles. The van der Waals surface area contributed by atoms with Crippen LogP contribution < -0.4 is 0 Å². The number of benzene rings is 2. The average Bonchev–Trinajstić information content (AvgIpc) is 3.16. The van der Waals surface area contributed by atoms with Gasteiger partial charge in [-0.2, -0.15) is 0 Å². The van der Waals surface area contributed by atoms with Gasteiger partial charge >= 0.3 is 0 Å². The van der Waals surface area contributed by atoms with Crippen molar-refractivity contribution in [2.75, 3.05) is 13.2 Å². The Morgan fingerprint density at radius 1 is 1.17 bits per heavy atom. The zero-order chi connectivity index (χ0) is 20.9. The molecule has 1 fully saturated rings. The average molecular weight is 425 g/mol. The summed E-state index contributed by atoms with van der Waals surface area (Å²) >= 11 is 1.47. The van der Waals surface area contributed by atoms with Gasteiger partial charge < -0.3 is 9.64 Å². The Bertz CT molecular complexity index is 988. The normalized spacial score (nSPS) is 16.6. The molecule has 2 heterocycles. The number of nitrogens with zero attached hydrogens (tertiary/aromatic N) is 2. The van der Waals surface area contributed by atoms with Crippen molar-refractivity contribution in [3.8, 4) is 10.4 Å². The predicted octanol–water partition coefficient (Wildman–Crippen LogP) is 5.47. The Labute approximate surface area is 180 Å². The van der Waals surface area contributed by atoms with Crippen molar-refractivity contribution >= 4 is 17.2 Å². The summed E-state index contributed by atoms with van der Waals surface area (Å²) in [6.07, 6.45) is 3.00. The molecule has 1 unspecified atom stereocenters. The molecule has 1 saturated heterocycles. The number of ether oxygens (including phenoxy) is 1. The molecule has 0 spiro atoms. The quantitative estimate of drug-likeness (QED) is 0.527. The first-order valence-electron chi connectivity index (χ1n) is 10.3. The molecule has 1 aliphatic rings. The van der Waals surface area contributed by atoms with E-state index >= 15 is 0 Å². The SMILES string of the molecule is Cc1nc(C(=O)N2CCCCC2COCc2ccccc2)c(-c2ccc(F)cc2)s1. The molecule has 30 heavy (non-hydrogen) atoms. The van der Waals surface area contributed by atoms with Crippen LogP contribution in [0.1, 0.15) is 40.3 Å². The Morgan fingerprint density at radius 3 is 2.70 bits per heavy atom. The van der Waals surface area contributed by atoms with Crippen LogP contribution in [0.3, 0.4) is 0 Å². The molecular weight excluding hydrogens is 399 g/mol. The number of aromatic nitrogens is 1. The lowest BCUT2D eigenvalue weighted by molar-refractivity contribution is 0.0267. The monoisotopic (exact) mass is 424 g/mol. The Morgan fingerprint density at radius 2 is 1.93 bits per heavy atom. The highest BCUT2D eigenvalue weighted by Crippen LogP contribution is 2.32. The van der Waals surface area contributed by atoms with E-state index < -0.39 is 0 Å². The number of thiazole rings is 1.